The summed E-state index contributed by atoms with van der Waals surface area (Å²) >= 11 is 0. The third-order valence-corrected chi connectivity index (χ3v) is 2.72. The van der Waals surface area contributed by atoms with Gasteiger partial charge in [-0.05, 0) is 18.6 Å². The van der Waals surface area contributed by atoms with Crippen LogP contribution >= 0.6 is 0 Å². The van der Waals surface area contributed by atoms with Crippen LogP contribution in [0.1, 0.15) is 44.5 Å². The van der Waals surface area contributed by atoms with E-state index in [0.29, 0.717) is 6.42 Å². The van der Waals surface area contributed by atoms with Crippen LogP contribution in [-0.4, -0.2) is 19.0 Å². The maximum atomic E-state index is 13.6. The van der Waals surface area contributed by atoms with E-state index in [2.05, 4.69) is 10.1 Å². The minimum atomic E-state index is -0.812. The van der Waals surface area contributed by atoms with Gasteiger partial charge < -0.3 is 10.1 Å². The highest BCUT2D eigenvalue weighted by Gasteiger charge is 2.20. The van der Waals surface area contributed by atoms with Crippen molar-refractivity contribution in [3.8, 4) is 0 Å². The van der Waals surface area contributed by atoms with Crippen molar-refractivity contribution in [1.82, 2.24) is 0 Å². The second kappa shape index (κ2) is 9.07. The number of anilines is 1. The highest BCUT2D eigenvalue weighted by atomic mass is 19.1. The molecule has 1 aromatic carbocycles. The molecule has 112 valence electrons. The molecular weight excluding hydrogens is 261 g/mol. The maximum Gasteiger partial charge on any atom is 0.342 e. The Kier molecular flexibility index (Phi) is 8.20. The van der Waals surface area contributed by atoms with Gasteiger partial charge in [0.1, 0.15) is 11.4 Å². The number of esters is 1. The SMILES string of the molecule is CC.CCC(C)C(=O)Nc1cccc(F)c1C(=O)OC. The summed E-state index contributed by atoms with van der Waals surface area (Å²) in [4.78, 5) is 23.2. The molecular formula is C15H22FNO3. The molecule has 4 nitrogen and oxygen atoms in total. The Bertz CT molecular complexity index is 460. The van der Waals surface area contributed by atoms with Gasteiger partial charge in [-0.25, -0.2) is 9.18 Å². The van der Waals surface area contributed by atoms with Gasteiger partial charge in [-0.1, -0.05) is 33.8 Å². The highest BCUT2D eigenvalue weighted by molar-refractivity contribution is 6.01. The predicted molar refractivity (Wildman–Crippen MR) is 77.2 cm³/mol. The van der Waals surface area contributed by atoms with E-state index >= 15 is 0 Å². The molecule has 0 spiro atoms. The van der Waals surface area contributed by atoms with Crippen molar-refractivity contribution in [2.24, 2.45) is 5.92 Å². The quantitative estimate of drug-likeness (QED) is 0.859. The van der Waals surface area contributed by atoms with E-state index in [1.807, 2.05) is 20.8 Å². The summed E-state index contributed by atoms with van der Waals surface area (Å²) < 4.78 is 18.1. The highest BCUT2D eigenvalue weighted by Crippen LogP contribution is 2.21. The van der Waals surface area contributed by atoms with E-state index in [4.69, 9.17) is 0 Å². The van der Waals surface area contributed by atoms with Crippen LogP contribution in [0.2, 0.25) is 0 Å². The normalized spacial score (nSPS) is 10.9. The number of rotatable bonds is 4. The molecule has 0 aliphatic carbocycles. The van der Waals surface area contributed by atoms with Crippen LogP contribution in [0.3, 0.4) is 0 Å². The number of methoxy groups -OCH3 is 1. The number of carbonyl (C=O) groups is 2. The molecule has 0 bridgehead atoms. The maximum absolute atomic E-state index is 13.6. The zero-order chi connectivity index (χ0) is 15.7. The van der Waals surface area contributed by atoms with Crippen molar-refractivity contribution < 1.29 is 18.7 Å². The van der Waals surface area contributed by atoms with E-state index in [0.717, 1.165) is 13.2 Å². The largest absolute Gasteiger partial charge is 0.465 e. The lowest BCUT2D eigenvalue weighted by Gasteiger charge is -2.13. The number of nitrogens with one attached hydrogen (secondary N) is 1. The minimum Gasteiger partial charge on any atom is -0.465 e. The molecule has 1 atom stereocenters. The fraction of sp³-hybridized carbons (Fsp3) is 0.467. The van der Waals surface area contributed by atoms with Crippen LogP contribution in [0.25, 0.3) is 0 Å². The molecule has 0 aromatic heterocycles. The third kappa shape index (κ3) is 4.64. The zero-order valence-corrected chi connectivity index (χ0v) is 12.6. The number of carbonyl (C=O) groups excluding carboxylic acids is 2. The van der Waals surface area contributed by atoms with Gasteiger partial charge in [-0.2, -0.15) is 0 Å². The Morgan fingerprint density at radius 2 is 1.95 bits per heavy atom. The summed E-state index contributed by atoms with van der Waals surface area (Å²) in [6.45, 7) is 7.63. The molecule has 1 N–H and O–H groups in total. The molecule has 1 rings (SSSR count). The monoisotopic (exact) mass is 283 g/mol. The van der Waals surface area contributed by atoms with Crippen LogP contribution in [-0.2, 0) is 9.53 Å². The lowest BCUT2D eigenvalue weighted by Crippen LogP contribution is -2.22. The van der Waals surface area contributed by atoms with Crippen molar-refractivity contribution in [2.75, 3.05) is 12.4 Å². The smallest absolute Gasteiger partial charge is 0.342 e. The second-order valence-electron chi connectivity index (χ2n) is 3.95. The van der Waals surface area contributed by atoms with Crippen LogP contribution < -0.4 is 5.32 Å². The molecule has 0 heterocycles. The molecule has 0 fully saturated rings. The van der Waals surface area contributed by atoms with Crippen molar-refractivity contribution in [1.29, 1.82) is 0 Å². The fourth-order valence-electron chi connectivity index (χ4n) is 1.38. The van der Waals surface area contributed by atoms with Crippen molar-refractivity contribution in [2.45, 2.75) is 34.1 Å². The first-order valence-electron chi connectivity index (χ1n) is 6.69. The van der Waals surface area contributed by atoms with Gasteiger partial charge in [0, 0.05) is 5.92 Å². The minimum absolute atomic E-state index is 0.132. The standard InChI is InChI=1S/C13H16FNO3.C2H6/c1-4-8(2)12(16)15-10-7-5-6-9(14)11(10)13(17)18-3;1-2/h5-8H,4H2,1-3H3,(H,15,16);1-2H3. The van der Waals surface area contributed by atoms with E-state index in [1.54, 1.807) is 6.92 Å². The first-order valence-corrected chi connectivity index (χ1v) is 6.69. The second-order valence-corrected chi connectivity index (χ2v) is 3.95. The van der Waals surface area contributed by atoms with Crippen molar-refractivity contribution >= 4 is 17.6 Å². The van der Waals surface area contributed by atoms with E-state index < -0.39 is 11.8 Å². The van der Waals surface area contributed by atoms with Gasteiger partial charge in [-0.3, -0.25) is 4.79 Å². The molecule has 1 unspecified atom stereocenters. The Labute approximate surface area is 119 Å². The van der Waals surface area contributed by atoms with Crippen molar-refractivity contribution in [3.63, 3.8) is 0 Å². The zero-order valence-electron chi connectivity index (χ0n) is 12.6. The number of hydrogen-bond donors (Lipinski definition) is 1. The molecule has 0 radical (unpaired) electrons. The predicted octanol–water partition coefficient (Wildman–Crippen LogP) is 3.62. The van der Waals surface area contributed by atoms with Crippen LogP contribution in [0, 0.1) is 11.7 Å². The molecule has 0 saturated carbocycles. The lowest BCUT2D eigenvalue weighted by atomic mass is 10.1. The van der Waals surface area contributed by atoms with Gasteiger partial charge in [-0.15, -0.1) is 0 Å². The summed E-state index contributed by atoms with van der Waals surface area (Å²) in [5.41, 5.74) is -0.121. The Morgan fingerprint density at radius 1 is 1.35 bits per heavy atom. The van der Waals surface area contributed by atoms with E-state index in [9.17, 15) is 14.0 Å². The number of halogens is 1. The summed E-state index contributed by atoms with van der Waals surface area (Å²) in [6, 6.07) is 4.04. The van der Waals surface area contributed by atoms with Gasteiger partial charge in [0.2, 0.25) is 5.91 Å². The molecule has 1 amide bonds. The molecule has 0 aliphatic rings. The van der Waals surface area contributed by atoms with Crippen LogP contribution in [0.4, 0.5) is 10.1 Å². The topological polar surface area (TPSA) is 55.4 Å². The van der Waals surface area contributed by atoms with Crippen LogP contribution in [0.15, 0.2) is 18.2 Å². The van der Waals surface area contributed by atoms with E-state index in [1.165, 1.54) is 12.1 Å². The van der Waals surface area contributed by atoms with Crippen LogP contribution in [0.5, 0.6) is 0 Å². The third-order valence-electron chi connectivity index (χ3n) is 2.72. The van der Waals surface area contributed by atoms with E-state index in [-0.39, 0.29) is 23.1 Å². The summed E-state index contributed by atoms with van der Waals surface area (Å²) in [5.74, 6) is -2.00. The first kappa shape index (κ1) is 18.1. The van der Waals surface area contributed by atoms with Gasteiger partial charge in [0.05, 0.1) is 12.8 Å². The Balaban J connectivity index is 0.00000172. The number of hydrogen-bond acceptors (Lipinski definition) is 3. The molecule has 20 heavy (non-hydrogen) atoms. The number of ether oxygens (including phenoxy) is 1. The molecule has 1 aromatic rings. The number of amides is 1. The molecule has 0 aliphatic heterocycles. The summed E-state index contributed by atoms with van der Waals surface area (Å²) in [6.07, 6.45) is 0.661. The van der Waals surface area contributed by atoms with Crippen molar-refractivity contribution in [3.05, 3.63) is 29.6 Å². The number of benzene rings is 1. The van der Waals surface area contributed by atoms with Gasteiger partial charge in [0.25, 0.3) is 0 Å². The average Bonchev–Trinajstić information content (AvgIpc) is 2.47. The molecule has 0 saturated heterocycles. The summed E-state index contributed by atoms with van der Waals surface area (Å²) in [7, 11) is 1.16. The van der Waals surface area contributed by atoms with Gasteiger partial charge in [0.15, 0.2) is 0 Å². The molecule has 5 heteroatoms. The Morgan fingerprint density at radius 3 is 2.45 bits per heavy atom. The fourth-order valence-corrected chi connectivity index (χ4v) is 1.38. The summed E-state index contributed by atoms with van der Waals surface area (Å²) in [5, 5.41) is 2.54. The first-order chi connectivity index (χ1) is 9.51. The average molecular weight is 283 g/mol. The van der Waals surface area contributed by atoms with Gasteiger partial charge >= 0.3 is 5.97 Å². The Hall–Kier alpha value is -1.91. The lowest BCUT2D eigenvalue weighted by molar-refractivity contribution is -0.119.